The molecule has 10 heteroatoms. The molecule has 0 saturated carbocycles. The average Bonchev–Trinajstić information content (AvgIpc) is 3.01. The van der Waals surface area contributed by atoms with Crippen LogP contribution in [-0.4, -0.2) is 52.5 Å². The molecule has 4 rings (SSSR count). The van der Waals surface area contributed by atoms with Gasteiger partial charge in [-0.15, -0.1) is 0 Å². The molecule has 1 aliphatic heterocycles. The van der Waals surface area contributed by atoms with Crippen molar-refractivity contribution >= 4 is 34.9 Å². The fraction of sp³-hybridized carbons (Fsp3) is 0.382. The summed E-state index contributed by atoms with van der Waals surface area (Å²) in [6.45, 7) is 4.20. The van der Waals surface area contributed by atoms with Crippen molar-refractivity contribution in [1.29, 1.82) is 0 Å². The number of anilines is 1. The number of amides is 2. The lowest BCUT2D eigenvalue weighted by Gasteiger charge is -2.39. The molecule has 1 unspecified atom stereocenters. The molecule has 0 aromatic heterocycles. The maximum absolute atomic E-state index is 13.9. The van der Waals surface area contributed by atoms with E-state index < -0.39 is 18.3 Å². The summed E-state index contributed by atoms with van der Waals surface area (Å²) in [5, 5.41) is 17.7. The summed E-state index contributed by atoms with van der Waals surface area (Å²) in [6, 6.07) is 15.5. The SMILES string of the molecule is Cc1cc(C(=O)CCC(O)N2Cc3ccccc3C[C@H]2C(=O)N[C@@H](CCCCN)C(=O)Nc2ccc(Cl)c(C)c2)ccc1F. The Bertz CT molecular complexity index is 1500. The highest BCUT2D eigenvalue weighted by Crippen LogP contribution is 2.27. The third kappa shape index (κ3) is 8.51. The Labute approximate surface area is 262 Å². The molecule has 0 spiro atoms. The van der Waals surface area contributed by atoms with Crippen LogP contribution in [0.2, 0.25) is 5.02 Å². The first-order valence-corrected chi connectivity index (χ1v) is 15.3. The molecule has 5 N–H and O–H groups in total. The highest BCUT2D eigenvalue weighted by atomic mass is 35.5. The number of hydrogen-bond acceptors (Lipinski definition) is 6. The van der Waals surface area contributed by atoms with Crippen LogP contribution in [0.25, 0.3) is 0 Å². The Morgan fingerprint density at radius 2 is 1.77 bits per heavy atom. The number of nitrogens with one attached hydrogen (secondary N) is 2. The number of aliphatic hydroxyl groups excluding tert-OH is 1. The van der Waals surface area contributed by atoms with Gasteiger partial charge >= 0.3 is 0 Å². The summed E-state index contributed by atoms with van der Waals surface area (Å²) in [6.07, 6.45) is 1.05. The smallest absolute Gasteiger partial charge is 0.246 e. The van der Waals surface area contributed by atoms with E-state index in [1.54, 1.807) is 30.0 Å². The molecule has 3 atom stereocenters. The Hall–Kier alpha value is -3.63. The molecular formula is C34H40ClFN4O4. The van der Waals surface area contributed by atoms with Gasteiger partial charge in [0, 0.05) is 29.2 Å². The molecular weight excluding hydrogens is 583 g/mol. The van der Waals surface area contributed by atoms with Gasteiger partial charge in [-0.2, -0.15) is 0 Å². The molecule has 8 nitrogen and oxygen atoms in total. The molecule has 234 valence electrons. The molecule has 3 aromatic carbocycles. The third-order valence-corrected chi connectivity index (χ3v) is 8.51. The molecule has 1 aliphatic rings. The molecule has 0 radical (unpaired) electrons. The first-order valence-electron chi connectivity index (χ1n) is 14.9. The minimum Gasteiger partial charge on any atom is -0.378 e. The number of nitrogens with zero attached hydrogens (tertiary/aromatic N) is 1. The molecule has 0 bridgehead atoms. The van der Waals surface area contributed by atoms with Gasteiger partial charge in [-0.1, -0.05) is 35.9 Å². The molecule has 3 aromatic rings. The summed E-state index contributed by atoms with van der Waals surface area (Å²) < 4.78 is 13.7. The van der Waals surface area contributed by atoms with E-state index in [0.29, 0.717) is 60.6 Å². The van der Waals surface area contributed by atoms with Crippen molar-refractivity contribution in [2.24, 2.45) is 5.73 Å². The topological polar surface area (TPSA) is 125 Å². The van der Waals surface area contributed by atoms with Crippen molar-refractivity contribution in [3.63, 3.8) is 0 Å². The van der Waals surface area contributed by atoms with Gasteiger partial charge in [0.1, 0.15) is 18.1 Å². The average molecular weight is 623 g/mol. The number of hydrogen-bond donors (Lipinski definition) is 4. The van der Waals surface area contributed by atoms with Gasteiger partial charge in [-0.3, -0.25) is 19.3 Å². The lowest BCUT2D eigenvalue weighted by Crippen LogP contribution is -2.57. The van der Waals surface area contributed by atoms with Gasteiger partial charge in [-0.05, 0) is 111 Å². The van der Waals surface area contributed by atoms with Crippen molar-refractivity contribution in [3.05, 3.63) is 99.3 Å². The van der Waals surface area contributed by atoms with Gasteiger partial charge in [-0.25, -0.2) is 4.39 Å². The number of carbonyl (C=O) groups is 3. The summed E-state index contributed by atoms with van der Waals surface area (Å²) >= 11 is 6.14. The van der Waals surface area contributed by atoms with E-state index in [1.807, 2.05) is 31.2 Å². The van der Waals surface area contributed by atoms with E-state index in [9.17, 15) is 23.9 Å². The second kappa shape index (κ2) is 15.4. The molecule has 2 amide bonds. The summed E-state index contributed by atoms with van der Waals surface area (Å²) in [5.74, 6) is -1.36. The zero-order chi connectivity index (χ0) is 31.8. The first-order chi connectivity index (χ1) is 21.1. The number of rotatable bonds is 13. The van der Waals surface area contributed by atoms with Gasteiger partial charge in [0.2, 0.25) is 11.8 Å². The Kier molecular flexibility index (Phi) is 11.6. The maximum atomic E-state index is 13.9. The molecule has 0 saturated heterocycles. The normalized spacial score (nSPS) is 16.1. The van der Waals surface area contributed by atoms with Gasteiger partial charge in [0.25, 0.3) is 0 Å². The second-order valence-corrected chi connectivity index (χ2v) is 11.8. The Balaban J connectivity index is 1.50. The van der Waals surface area contributed by atoms with Crippen LogP contribution in [0, 0.1) is 19.7 Å². The summed E-state index contributed by atoms with van der Waals surface area (Å²) in [7, 11) is 0. The molecule has 0 fully saturated rings. The number of carbonyl (C=O) groups excluding carboxylic acids is 3. The first kappa shape index (κ1) is 33.3. The van der Waals surface area contributed by atoms with E-state index >= 15 is 0 Å². The van der Waals surface area contributed by atoms with Crippen LogP contribution in [0.15, 0.2) is 60.7 Å². The van der Waals surface area contributed by atoms with E-state index in [0.717, 1.165) is 16.7 Å². The predicted molar refractivity (Wildman–Crippen MR) is 170 cm³/mol. The standard InChI is InChI=1S/C34H40ClFN4O4/c1-21-18-26(11-12-27(21)35)38-33(43)29(9-5-6-16-37)39-34(44)30-19-23-7-3-4-8-25(23)20-40(30)32(42)15-14-31(41)24-10-13-28(36)22(2)17-24/h3-4,7-8,10-13,17-18,29-30,32,42H,5-6,9,14-16,19-20,37H2,1-2H3,(H,38,43)(H,39,44)/t29-,30-,32?/m0/s1. The zero-order valence-electron chi connectivity index (χ0n) is 25.1. The van der Waals surface area contributed by atoms with Gasteiger partial charge in [0.15, 0.2) is 5.78 Å². The zero-order valence-corrected chi connectivity index (χ0v) is 25.9. The Morgan fingerprint density at radius 1 is 1.02 bits per heavy atom. The largest absolute Gasteiger partial charge is 0.378 e. The van der Waals surface area contributed by atoms with Crippen molar-refractivity contribution < 1.29 is 23.9 Å². The number of benzene rings is 3. The third-order valence-electron chi connectivity index (χ3n) is 8.09. The predicted octanol–water partition coefficient (Wildman–Crippen LogP) is 5.06. The summed E-state index contributed by atoms with van der Waals surface area (Å²) in [5.41, 5.74) is 9.77. The minimum atomic E-state index is -1.11. The number of halogens is 2. The fourth-order valence-electron chi connectivity index (χ4n) is 5.47. The lowest BCUT2D eigenvalue weighted by atomic mass is 9.92. The van der Waals surface area contributed by atoms with Crippen molar-refractivity contribution in [2.75, 3.05) is 11.9 Å². The maximum Gasteiger partial charge on any atom is 0.246 e. The van der Waals surface area contributed by atoms with Crippen LogP contribution in [0.1, 0.15) is 64.7 Å². The molecule has 44 heavy (non-hydrogen) atoms. The van der Waals surface area contributed by atoms with Crippen LogP contribution in [0.5, 0.6) is 0 Å². The number of ketones is 1. The number of Topliss-reactive ketones (excluding diaryl/α,β-unsaturated/α-hetero) is 1. The lowest BCUT2D eigenvalue weighted by molar-refractivity contribution is -0.136. The van der Waals surface area contributed by atoms with Crippen molar-refractivity contribution in [3.8, 4) is 0 Å². The number of nitrogens with two attached hydrogens (primary N) is 1. The number of fused-ring (bicyclic) bond motifs is 1. The van der Waals surface area contributed by atoms with Crippen LogP contribution in [0.4, 0.5) is 10.1 Å². The van der Waals surface area contributed by atoms with Crippen LogP contribution in [-0.2, 0) is 22.6 Å². The highest BCUT2D eigenvalue weighted by molar-refractivity contribution is 6.31. The van der Waals surface area contributed by atoms with Gasteiger partial charge in [0.05, 0.1) is 6.04 Å². The Morgan fingerprint density at radius 3 is 2.48 bits per heavy atom. The van der Waals surface area contributed by atoms with Gasteiger partial charge < -0.3 is 21.5 Å². The van der Waals surface area contributed by atoms with Crippen molar-refractivity contribution in [2.45, 2.75) is 77.2 Å². The number of aryl methyl sites for hydroxylation is 2. The van der Waals surface area contributed by atoms with Crippen LogP contribution >= 0.6 is 11.6 Å². The molecule has 1 heterocycles. The van der Waals surface area contributed by atoms with E-state index in [2.05, 4.69) is 10.6 Å². The summed E-state index contributed by atoms with van der Waals surface area (Å²) in [4.78, 5) is 41.8. The monoisotopic (exact) mass is 622 g/mol. The van der Waals surface area contributed by atoms with Crippen LogP contribution in [0.3, 0.4) is 0 Å². The number of aliphatic hydroxyl groups is 1. The molecule has 0 aliphatic carbocycles. The quantitative estimate of drug-likeness (QED) is 0.156. The highest BCUT2D eigenvalue weighted by Gasteiger charge is 2.37. The van der Waals surface area contributed by atoms with E-state index in [4.69, 9.17) is 17.3 Å². The van der Waals surface area contributed by atoms with Crippen LogP contribution < -0.4 is 16.4 Å². The number of unbranched alkanes of at least 4 members (excludes halogenated alkanes) is 1. The minimum absolute atomic E-state index is 0.0172. The van der Waals surface area contributed by atoms with E-state index in [-0.39, 0.29) is 36.3 Å². The van der Waals surface area contributed by atoms with Crippen molar-refractivity contribution in [1.82, 2.24) is 10.2 Å². The fourth-order valence-corrected chi connectivity index (χ4v) is 5.59. The van der Waals surface area contributed by atoms with E-state index in [1.165, 1.54) is 18.2 Å². The second-order valence-electron chi connectivity index (χ2n) is 11.4.